The Labute approximate surface area is 157 Å². The van der Waals surface area contributed by atoms with Crippen molar-refractivity contribution in [1.82, 2.24) is 10.4 Å². The van der Waals surface area contributed by atoms with Gasteiger partial charge in [0.2, 0.25) is 0 Å². The number of para-hydroxylation sites is 1. The SMILES string of the molecule is N#CC(C(=O)NN1CCOCC1)C(=O)c1ccc(Oc2ccccc2)cc1. The zero-order valence-electron chi connectivity index (χ0n) is 14.6. The number of nitriles is 1. The molecule has 7 heteroatoms. The van der Waals surface area contributed by atoms with E-state index in [0.29, 0.717) is 37.8 Å². The summed E-state index contributed by atoms with van der Waals surface area (Å²) in [6.45, 7) is 2.02. The normalized spacial score (nSPS) is 15.4. The number of benzene rings is 2. The molecule has 3 rings (SSSR count). The number of rotatable bonds is 6. The number of nitrogens with zero attached hydrogens (tertiary/aromatic N) is 2. The van der Waals surface area contributed by atoms with Crippen LogP contribution in [0, 0.1) is 17.2 Å². The Morgan fingerprint density at radius 1 is 1.04 bits per heavy atom. The number of ether oxygens (including phenoxy) is 2. The molecule has 0 bridgehead atoms. The first-order valence-corrected chi connectivity index (χ1v) is 8.57. The molecule has 27 heavy (non-hydrogen) atoms. The van der Waals surface area contributed by atoms with Gasteiger partial charge in [-0.05, 0) is 36.4 Å². The lowest BCUT2D eigenvalue weighted by Gasteiger charge is -2.27. The molecule has 1 unspecified atom stereocenters. The lowest BCUT2D eigenvalue weighted by atomic mass is 9.98. The predicted octanol–water partition coefficient (Wildman–Crippen LogP) is 2.16. The van der Waals surface area contributed by atoms with Crippen LogP contribution in [0.2, 0.25) is 0 Å². The van der Waals surface area contributed by atoms with Crippen molar-refractivity contribution in [2.24, 2.45) is 5.92 Å². The van der Waals surface area contributed by atoms with E-state index in [0.717, 1.165) is 0 Å². The van der Waals surface area contributed by atoms with Gasteiger partial charge in [0.25, 0.3) is 5.91 Å². The topological polar surface area (TPSA) is 91.7 Å². The molecule has 1 aliphatic heterocycles. The molecule has 1 aliphatic rings. The van der Waals surface area contributed by atoms with E-state index in [-0.39, 0.29) is 5.56 Å². The Balaban J connectivity index is 1.64. The van der Waals surface area contributed by atoms with Gasteiger partial charge in [-0.25, -0.2) is 5.01 Å². The van der Waals surface area contributed by atoms with E-state index in [2.05, 4.69) is 5.43 Å². The number of ketones is 1. The molecule has 1 atom stereocenters. The van der Waals surface area contributed by atoms with Crippen molar-refractivity contribution in [3.8, 4) is 17.6 Å². The number of hydrogen-bond donors (Lipinski definition) is 1. The molecule has 1 heterocycles. The number of carbonyl (C=O) groups excluding carboxylic acids is 2. The quantitative estimate of drug-likeness (QED) is 0.623. The average Bonchev–Trinajstić information content (AvgIpc) is 2.70. The van der Waals surface area contributed by atoms with Crippen LogP contribution >= 0.6 is 0 Å². The first kappa shape index (κ1) is 18.6. The van der Waals surface area contributed by atoms with E-state index in [9.17, 15) is 14.9 Å². The molecule has 7 nitrogen and oxygen atoms in total. The highest BCUT2D eigenvalue weighted by Gasteiger charge is 2.29. The van der Waals surface area contributed by atoms with Gasteiger partial charge in [-0.3, -0.25) is 15.0 Å². The summed E-state index contributed by atoms with van der Waals surface area (Å²) in [4.78, 5) is 24.9. The summed E-state index contributed by atoms with van der Waals surface area (Å²) >= 11 is 0. The maximum Gasteiger partial charge on any atom is 0.259 e. The number of amides is 1. The van der Waals surface area contributed by atoms with Crippen LogP contribution in [-0.2, 0) is 9.53 Å². The number of hydrazine groups is 1. The summed E-state index contributed by atoms with van der Waals surface area (Å²) in [5, 5.41) is 11.0. The van der Waals surface area contributed by atoms with Crippen LogP contribution in [0.3, 0.4) is 0 Å². The van der Waals surface area contributed by atoms with Gasteiger partial charge in [0.15, 0.2) is 11.7 Å². The van der Waals surface area contributed by atoms with Crippen molar-refractivity contribution >= 4 is 11.7 Å². The molecule has 1 saturated heterocycles. The molecule has 1 fully saturated rings. The fourth-order valence-corrected chi connectivity index (χ4v) is 2.61. The van der Waals surface area contributed by atoms with Gasteiger partial charge in [0.05, 0.1) is 19.3 Å². The number of nitrogens with one attached hydrogen (secondary N) is 1. The van der Waals surface area contributed by atoms with Crippen LogP contribution in [0.1, 0.15) is 10.4 Å². The van der Waals surface area contributed by atoms with Crippen LogP contribution in [0.5, 0.6) is 11.5 Å². The maximum absolute atomic E-state index is 12.6. The third kappa shape index (κ3) is 4.91. The summed E-state index contributed by atoms with van der Waals surface area (Å²) in [5.74, 6) is -1.35. The molecule has 0 aliphatic carbocycles. The van der Waals surface area contributed by atoms with Crippen molar-refractivity contribution in [3.63, 3.8) is 0 Å². The summed E-state index contributed by atoms with van der Waals surface area (Å²) in [7, 11) is 0. The molecule has 2 aromatic rings. The lowest BCUT2D eigenvalue weighted by Crippen LogP contribution is -2.51. The first-order valence-electron chi connectivity index (χ1n) is 8.57. The monoisotopic (exact) mass is 365 g/mol. The highest BCUT2D eigenvalue weighted by molar-refractivity contribution is 6.12. The van der Waals surface area contributed by atoms with Crippen LogP contribution < -0.4 is 10.2 Å². The van der Waals surface area contributed by atoms with Gasteiger partial charge in [0, 0.05) is 18.7 Å². The van der Waals surface area contributed by atoms with Crippen LogP contribution in [-0.4, -0.2) is 43.0 Å². The van der Waals surface area contributed by atoms with Crippen molar-refractivity contribution in [2.75, 3.05) is 26.3 Å². The Kier molecular flexibility index (Phi) is 6.15. The molecule has 1 N–H and O–H groups in total. The summed E-state index contributed by atoms with van der Waals surface area (Å²) in [5.41, 5.74) is 2.89. The van der Waals surface area contributed by atoms with E-state index in [1.54, 1.807) is 35.3 Å². The maximum atomic E-state index is 12.6. The second kappa shape index (κ2) is 8.94. The van der Waals surface area contributed by atoms with Crippen molar-refractivity contribution < 1.29 is 19.1 Å². The Morgan fingerprint density at radius 3 is 2.30 bits per heavy atom. The third-order valence-electron chi connectivity index (χ3n) is 4.05. The van der Waals surface area contributed by atoms with Gasteiger partial charge in [-0.2, -0.15) is 5.26 Å². The van der Waals surface area contributed by atoms with E-state index < -0.39 is 17.6 Å². The standard InChI is InChI=1S/C20H19N3O4/c21-14-18(20(25)22-23-10-12-26-13-11-23)19(24)15-6-8-17(9-7-15)27-16-4-2-1-3-5-16/h1-9,18H,10-13H2,(H,22,25). The molecule has 0 aromatic heterocycles. The lowest BCUT2D eigenvalue weighted by molar-refractivity contribution is -0.129. The van der Waals surface area contributed by atoms with E-state index in [4.69, 9.17) is 9.47 Å². The van der Waals surface area contributed by atoms with Gasteiger partial charge in [-0.1, -0.05) is 18.2 Å². The van der Waals surface area contributed by atoms with Crippen LogP contribution in [0.25, 0.3) is 0 Å². The number of carbonyl (C=O) groups is 2. The summed E-state index contributed by atoms with van der Waals surface area (Å²) in [6, 6.07) is 17.4. The fraction of sp³-hybridized carbons (Fsp3) is 0.250. The number of hydrogen-bond acceptors (Lipinski definition) is 6. The highest BCUT2D eigenvalue weighted by atomic mass is 16.5. The fourth-order valence-electron chi connectivity index (χ4n) is 2.61. The van der Waals surface area contributed by atoms with Gasteiger partial charge in [0.1, 0.15) is 11.5 Å². The molecular formula is C20H19N3O4. The van der Waals surface area contributed by atoms with Crippen molar-refractivity contribution in [3.05, 3.63) is 60.2 Å². The van der Waals surface area contributed by atoms with Gasteiger partial charge >= 0.3 is 0 Å². The van der Waals surface area contributed by atoms with Crippen molar-refractivity contribution in [1.29, 1.82) is 5.26 Å². The van der Waals surface area contributed by atoms with Crippen molar-refractivity contribution in [2.45, 2.75) is 0 Å². The zero-order valence-corrected chi connectivity index (χ0v) is 14.6. The first-order chi connectivity index (χ1) is 13.2. The predicted molar refractivity (Wildman–Crippen MR) is 96.9 cm³/mol. The van der Waals surface area contributed by atoms with Crippen LogP contribution in [0.15, 0.2) is 54.6 Å². The largest absolute Gasteiger partial charge is 0.457 e. The Hall–Kier alpha value is -3.21. The second-order valence-corrected chi connectivity index (χ2v) is 5.94. The smallest absolute Gasteiger partial charge is 0.259 e. The minimum Gasteiger partial charge on any atom is -0.457 e. The van der Waals surface area contributed by atoms with E-state index >= 15 is 0 Å². The minimum absolute atomic E-state index is 0.277. The third-order valence-corrected chi connectivity index (χ3v) is 4.05. The molecule has 0 saturated carbocycles. The van der Waals surface area contributed by atoms with E-state index in [1.165, 1.54) is 0 Å². The molecule has 138 valence electrons. The minimum atomic E-state index is -1.41. The average molecular weight is 365 g/mol. The second-order valence-electron chi connectivity index (χ2n) is 5.94. The Bertz CT molecular complexity index is 825. The van der Waals surface area contributed by atoms with Gasteiger partial charge < -0.3 is 9.47 Å². The molecule has 0 radical (unpaired) electrons. The Morgan fingerprint density at radius 2 is 1.67 bits per heavy atom. The summed E-state index contributed by atoms with van der Waals surface area (Å²) < 4.78 is 10.9. The molecular weight excluding hydrogens is 346 g/mol. The van der Waals surface area contributed by atoms with Gasteiger partial charge in [-0.15, -0.1) is 0 Å². The number of morpholine rings is 1. The number of Topliss-reactive ketones (excluding diaryl/α,β-unsaturated/α-hetero) is 1. The van der Waals surface area contributed by atoms with E-state index in [1.807, 2.05) is 30.3 Å². The zero-order chi connectivity index (χ0) is 19.1. The molecule has 2 aromatic carbocycles. The summed E-state index contributed by atoms with van der Waals surface area (Å²) in [6.07, 6.45) is 0. The molecule has 1 amide bonds. The highest BCUT2D eigenvalue weighted by Crippen LogP contribution is 2.22. The molecule has 0 spiro atoms. The van der Waals surface area contributed by atoms with Crippen LogP contribution in [0.4, 0.5) is 0 Å².